The lowest BCUT2D eigenvalue weighted by Gasteiger charge is -2.12. The molecule has 0 saturated heterocycles. The molecule has 1 aromatic carbocycles. The van der Waals surface area contributed by atoms with Gasteiger partial charge >= 0.3 is 5.97 Å². The van der Waals surface area contributed by atoms with Crippen LogP contribution in [0.25, 0.3) is 10.9 Å². The van der Waals surface area contributed by atoms with Crippen LogP contribution in [0.2, 0.25) is 0 Å². The molecule has 5 heteroatoms. The van der Waals surface area contributed by atoms with Crippen molar-refractivity contribution in [2.45, 2.75) is 52.1 Å². The topological polar surface area (TPSA) is 81.0 Å². The Hall–Kier alpha value is -2.04. The number of anilines is 1. The SMILES string of the molecule is CCCCCCC(C)OC(=O)c1n[nH]c2ccc(N)cc12. The number of H-pyrrole nitrogens is 1. The van der Waals surface area contributed by atoms with Crippen LogP contribution >= 0.6 is 0 Å². The van der Waals surface area contributed by atoms with Gasteiger partial charge in [0.2, 0.25) is 0 Å². The molecule has 1 heterocycles. The zero-order valence-electron chi connectivity index (χ0n) is 12.7. The summed E-state index contributed by atoms with van der Waals surface area (Å²) in [6.07, 6.45) is 5.48. The number of nitrogens with two attached hydrogens (primary N) is 1. The predicted octanol–water partition coefficient (Wildman–Crippen LogP) is 3.66. The summed E-state index contributed by atoms with van der Waals surface area (Å²) in [5, 5.41) is 7.57. The molecule has 5 nitrogen and oxygen atoms in total. The molecular weight excluding hydrogens is 266 g/mol. The van der Waals surface area contributed by atoms with Gasteiger partial charge in [-0.05, 0) is 38.0 Å². The van der Waals surface area contributed by atoms with Gasteiger partial charge in [-0.15, -0.1) is 0 Å². The number of fused-ring (bicyclic) bond motifs is 1. The van der Waals surface area contributed by atoms with Crippen LogP contribution in [-0.4, -0.2) is 22.3 Å². The minimum Gasteiger partial charge on any atom is -0.458 e. The number of hydrogen-bond donors (Lipinski definition) is 2. The first-order valence-electron chi connectivity index (χ1n) is 7.56. The highest BCUT2D eigenvalue weighted by Crippen LogP contribution is 2.20. The summed E-state index contributed by atoms with van der Waals surface area (Å²) < 4.78 is 5.46. The van der Waals surface area contributed by atoms with Crippen molar-refractivity contribution in [3.05, 3.63) is 23.9 Å². The van der Waals surface area contributed by atoms with Crippen LogP contribution in [0.1, 0.15) is 56.4 Å². The fourth-order valence-electron chi connectivity index (χ4n) is 2.34. The summed E-state index contributed by atoms with van der Waals surface area (Å²) in [4.78, 5) is 12.2. The molecule has 0 aliphatic carbocycles. The van der Waals surface area contributed by atoms with Crippen LogP contribution in [0, 0.1) is 0 Å². The highest BCUT2D eigenvalue weighted by molar-refractivity contribution is 6.02. The van der Waals surface area contributed by atoms with Crippen LogP contribution in [0.5, 0.6) is 0 Å². The highest BCUT2D eigenvalue weighted by Gasteiger charge is 2.18. The van der Waals surface area contributed by atoms with Crippen molar-refractivity contribution in [3.8, 4) is 0 Å². The number of nitrogen functional groups attached to an aromatic ring is 1. The lowest BCUT2D eigenvalue weighted by molar-refractivity contribution is 0.0314. The number of carbonyl (C=O) groups is 1. The van der Waals surface area contributed by atoms with E-state index in [2.05, 4.69) is 17.1 Å². The molecule has 0 fully saturated rings. The summed E-state index contributed by atoms with van der Waals surface area (Å²) in [5.74, 6) is -0.394. The van der Waals surface area contributed by atoms with Crippen molar-refractivity contribution < 1.29 is 9.53 Å². The van der Waals surface area contributed by atoms with E-state index in [1.54, 1.807) is 12.1 Å². The van der Waals surface area contributed by atoms with Crippen LogP contribution in [0.4, 0.5) is 5.69 Å². The highest BCUT2D eigenvalue weighted by atomic mass is 16.5. The van der Waals surface area contributed by atoms with E-state index in [1.165, 1.54) is 19.3 Å². The van der Waals surface area contributed by atoms with Crippen LogP contribution in [0.15, 0.2) is 18.2 Å². The van der Waals surface area contributed by atoms with Gasteiger partial charge in [-0.3, -0.25) is 5.10 Å². The van der Waals surface area contributed by atoms with E-state index in [9.17, 15) is 4.79 Å². The molecule has 0 saturated carbocycles. The molecule has 1 aromatic heterocycles. The fraction of sp³-hybridized carbons (Fsp3) is 0.500. The Morgan fingerprint density at radius 1 is 1.38 bits per heavy atom. The van der Waals surface area contributed by atoms with Gasteiger partial charge in [-0.25, -0.2) is 4.79 Å². The molecular formula is C16H23N3O2. The molecule has 1 atom stereocenters. The third-order valence-electron chi connectivity index (χ3n) is 3.55. The Morgan fingerprint density at radius 2 is 2.19 bits per heavy atom. The average molecular weight is 289 g/mol. The Balaban J connectivity index is 1.97. The van der Waals surface area contributed by atoms with Crippen molar-refractivity contribution in [1.29, 1.82) is 0 Å². The van der Waals surface area contributed by atoms with Crippen molar-refractivity contribution in [3.63, 3.8) is 0 Å². The predicted molar refractivity (Wildman–Crippen MR) is 84.1 cm³/mol. The first kappa shape index (κ1) is 15.4. The van der Waals surface area contributed by atoms with Crippen molar-refractivity contribution in [2.24, 2.45) is 0 Å². The molecule has 114 valence electrons. The molecule has 0 bridgehead atoms. The number of benzene rings is 1. The summed E-state index contributed by atoms with van der Waals surface area (Å²) in [5.41, 5.74) is 7.44. The third-order valence-corrected chi connectivity index (χ3v) is 3.55. The normalized spacial score (nSPS) is 12.5. The van der Waals surface area contributed by atoms with Crippen molar-refractivity contribution >= 4 is 22.6 Å². The van der Waals surface area contributed by atoms with Gasteiger partial charge in [-0.2, -0.15) is 5.10 Å². The Kier molecular flexibility index (Phi) is 5.20. The molecule has 0 aliphatic rings. The fourth-order valence-corrected chi connectivity index (χ4v) is 2.34. The minimum atomic E-state index is -0.394. The molecule has 1 unspecified atom stereocenters. The smallest absolute Gasteiger partial charge is 0.359 e. The second-order valence-corrected chi connectivity index (χ2v) is 5.44. The van der Waals surface area contributed by atoms with Crippen LogP contribution in [-0.2, 0) is 4.74 Å². The largest absolute Gasteiger partial charge is 0.458 e. The molecule has 3 N–H and O–H groups in total. The summed E-state index contributed by atoms with van der Waals surface area (Å²) in [6, 6.07) is 5.32. The van der Waals surface area contributed by atoms with Gasteiger partial charge in [0.1, 0.15) is 0 Å². The van der Waals surface area contributed by atoms with E-state index in [0.29, 0.717) is 16.8 Å². The van der Waals surface area contributed by atoms with E-state index in [0.717, 1.165) is 18.4 Å². The van der Waals surface area contributed by atoms with E-state index in [1.807, 2.05) is 13.0 Å². The average Bonchev–Trinajstić information content (AvgIpc) is 2.86. The summed E-state index contributed by atoms with van der Waals surface area (Å²) >= 11 is 0. The van der Waals surface area contributed by atoms with E-state index >= 15 is 0 Å². The number of carbonyl (C=O) groups excluding carboxylic acids is 1. The number of esters is 1. The molecule has 0 spiro atoms. The lowest BCUT2D eigenvalue weighted by atomic mass is 10.1. The first-order valence-corrected chi connectivity index (χ1v) is 7.56. The number of ether oxygens (including phenoxy) is 1. The Morgan fingerprint density at radius 3 is 2.95 bits per heavy atom. The maximum atomic E-state index is 12.2. The monoisotopic (exact) mass is 289 g/mol. The van der Waals surface area contributed by atoms with Crippen molar-refractivity contribution in [2.75, 3.05) is 5.73 Å². The molecule has 2 rings (SSSR count). The van der Waals surface area contributed by atoms with Crippen molar-refractivity contribution in [1.82, 2.24) is 10.2 Å². The minimum absolute atomic E-state index is 0.0952. The number of nitrogens with zero attached hydrogens (tertiary/aromatic N) is 1. The molecule has 21 heavy (non-hydrogen) atoms. The van der Waals surface area contributed by atoms with Gasteiger partial charge in [0.25, 0.3) is 0 Å². The van der Waals surface area contributed by atoms with Gasteiger partial charge < -0.3 is 10.5 Å². The van der Waals surface area contributed by atoms with Crippen LogP contribution < -0.4 is 5.73 Å². The van der Waals surface area contributed by atoms with Gasteiger partial charge in [0, 0.05) is 11.1 Å². The summed E-state index contributed by atoms with van der Waals surface area (Å²) in [7, 11) is 0. The second kappa shape index (κ2) is 7.11. The molecule has 0 aliphatic heterocycles. The molecule has 2 aromatic rings. The number of rotatable bonds is 7. The zero-order valence-corrected chi connectivity index (χ0v) is 12.7. The van der Waals surface area contributed by atoms with E-state index in [-0.39, 0.29) is 6.10 Å². The van der Waals surface area contributed by atoms with Crippen LogP contribution in [0.3, 0.4) is 0 Å². The molecule has 0 amide bonds. The van der Waals surface area contributed by atoms with E-state index in [4.69, 9.17) is 10.5 Å². The Bertz CT molecular complexity index is 607. The van der Waals surface area contributed by atoms with Gasteiger partial charge in [-0.1, -0.05) is 26.2 Å². The maximum absolute atomic E-state index is 12.2. The van der Waals surface area contributed by atoms with E-state index < -0.39 is 5.97 Å². The maximum Gasteiger partial charge on any atom is 0.359 e. The van der Waals surface area contributed by atoms with Gasteiger partial charge in [0.05, 0.1) is 11.6 Å². The van der Waals surface area contributed by atoms with Gasteiger partial charge in [0.15, 0.2) is 5.69 Å². The number of nitrogens with one attached hydrogen (secondary N) is 1. The Labute approximate surface area is 124 Å². The standard InChI is InChI=1S/C16H23N3O2/c1-3-4-5-6-7-11(2)21-16(20)15-13-10-12(17)8-9-14(13)18-19-15/h8-11H,3-7,17H2,1-2H3,(H,18,19). The second-order valence-electron chi connectivity index (χ2n) is 5.44. The number of hydrogen-bond acceptors (Lipinski definition) is 4. The number of aromatic nitrogens is 2. The third kappa shape index (κ3) is 3.97. The number of unbranched alkanes of at least 4 members (excludes halogenated alkanes) is 3. The molecule has 0 radical (unpaired) electrons. The summed E-state index contributed by atoms with van der Waals surface area (Å²) in [6.45, 7) is 4.10. The lowest BCUT2D eigenvalue weighted by Crippen LogP contribution is -2.15. The quantitative estimate of drug-likeness (QED) is 0.463. The number of aromatic amines is 1. The first-order chi connectivity index (χ1) is 10.1. The zero-order chi connectivity index (χ0) is 15.2.